The number of hydrogen-bond acceptors (Lipinski definition) is 5. The minimum absolute atomic E-state index is 0. The van der Waals surface area contributed by atoms with E-state index < -0.39 is 0 Å². The maximum Gasteiger partial charge on any atom is 0.226 e. The molecule has 0 aromatic carbocycles. The van der Waals surface area contributed by atoms with Gasteiger partial charge in [0, 0.05) is 24.4 Å². The van der Waals surface area contributed by atoms with Crippen molar-refractivity contribution in [3.8, 4) is 0 Å². The molecule has 3 heterocycles. The number of thiophene rings is 1. The number of aromatic nitrogens is 3. The summed E-state index contributed by atoms with van der Waals surface area (Å²) in [6.45, 7) is 2.39. The van der Waals surface area contributed by atoms with Crippen molar-refractivity contribution in [2.75, 3.05) is 5.32 Å². The summed E-state index contributed by atoms with van der Waals surface area (Å²) in [7, 11) is 1.76. The lowest BCUT2D eigenvalue weighted by Crippen LogP contribution is -2.20. The summed E-state index contributed by atoms with van der Waals surface area (Å²) in [6, 6.07) is 3.81. The second-order valence-electron chi connectivity index (χ2n) is 5.47. The average molecular weight is 390 g/mol. The van der Waals surface area contributed by atoms with Crippen LogP contribution in [-0.4, -0.2) is 20.6 Å². The molecule has 0 unspecified atom stereocenters. The Morgan fingerprint density at radius 1 is 1.46 bits per heavy atom. The molecule has 0 aliphatic carbocycles. The maximum atomic E-state index is 14.9. The van der Waals surface area contributed by atoms with Crippen LogP contribution in [0.4, 0.5) is 10.2 Å². The van der Waals surface area contributed by atoms with E-state index in [9.17, 15) is 4.39 Å². The normalized spacial score (nSPS) is 12.2. The molecule has 5 nitrogen and oxygen atoms in total. The van der Waals surface area contributed by atoms with Crippen molar-refractivity contribution in [3.63, 3.8) is 0 Å². The Morgan fingerprint density at radius 2 is 2.21 bits per heavy atom. The van der Waals surface area contributed by atoms with Gasteiger partial charge in [0.05, 0.1) is 17.6 Å². The Morgan fingerprint density at radius 3 is 2.83 bits per heavy atom. The zero-order valence-corrected chi connectivity index (χ0v) is 15.6. The molecule has 0 radical (unpaired) electrons. The largest absolute Gasteiger partial charge is 0.364 e. The number of hydrogen-bond donors (Lipinski definition) is 2. The molecule has 1 atom stereocenters. The van der Waals surface area contributed by atoms with Crippen LogP contribution in [0.2, 0.25) is 5.28 Å². The first-order valence-corrected chi connectivity index (χ1v) is 8.45. The highest BCUT2D eigenvalue weighted by atomic mass is 35.5. The quantitative estimate of drug-likeness (QED) is 0.652. The van der Waals surface area contributed by atoms with Crippen molar-refractivity contribution in [1.29, 1.82) is 0 Å². The van der Waals surface area contributed by atoms with Crippen molar-refractivity contribution in [2.24, 2.45) is 12.8 Å². The second-order valence-corrected chi connectivity index (χ2v) is 6.84. The van der Waals surface area contributed by atoms with Gasteiger partial charge in [-0.1, -0.05) is 6.07 Å². The van der Waals surface area contributed by atoms with E-state index >= 15 is 0 Å². The van der Waals surface area contributed by atoms with E-state index in [0.717, 1.165) is 4.88 Å². The van der Waals surface area contributed by atoms with Gasteiger partial charge in [0.2, 0.25) is 5.28 Å². The molecule has 0 aliphatic heterocycles. The highest BCUT2D eigenvalue weighted by molar-refractivity contribution is 7.09. The van der Waals surface area contributed by atoms with Crippen LogP contribution < -0.4 is 11.1 Å². The molecule has 3 N–H and O–H groups in total. The topological polar surface area (TPSA) is 68.8 Å². The second kappa shape index (κ2) is 7.65. The van der Waals surface area contributed by atoms with Crippen LogP contribution in [-0.2, 0) is 20.0 Å². The van der Waals surface area contributed by atoms with E-state index in [4.69, 9.17) is 17.3 Å². The third-order valence-electron chi connectivity index (χ3n) is 3.58. The number of anilines is 1. The number of halogens is 3. The van der Waals surface area contributed by atoms with Crippen LogP contribution in [0.1, 0.15) is 17.5 Å². The first-order valence-electron chi connectivity index (χ1n) is 7.19. The number of rotatable bonds is 5. The summed E-state index contributed by atoms with van der Waals surface area (Å²) < 4.78 is 16.6. The zero-order chi connectivity index (χ0) is 16.6. The molecule has 0 amide bonds. The molecule has 3 aromatic heterocycles. The number of aryl methyl sites for hydroxylation is 1. The Balaban J connectivity index is 0.00000208. The minimum atomic E-state index is -0.342. The lowest BCUT2D eigenvalue weighted by molar-refractivity contribution is 0.586. The monoisotopic (exact) mass is 389 g/mol. The molecule has 3 aromatic rings. The number of nitrogens with zero attached hydrogens (tertiary/aromatic N) is 3. The molecule has 0 aliphatic rings. The van der Waals surface area contributed by atoms with Crippen LogP contribution in [0.5, 0.6) is 0 Å². The van der Waals surface area contributed by atoms with E-state index in [1.807, 2.05) is 24.4 Å². The number of nitrogens with two attached hydrogens (primary N) is 1. The molecule has 0 bridgehead atoms. The van der Waals surface area contributed by atoms with Crippen molar-refractivity contribution < 1.29 is 4.39 Å². The van der Waals surface area contributed by atoms with Gasteiger partial charge in [0.1, 0.15) is 11.5 Å². The van der Waals surface area contributed by atoms with Gasteiger partial charge in [-0.3, -0.25) is 0 Å². The van der Waals surface area contributed by atoms with Gasteiger partial charge in [-0.15, -0.1) is 23.7 Å². The van der Waals surface area contributed by atoms with Crippen LogP contribution in [0.3, 0.4) is 0 Å². The highest BCUT2D eigenvalue weighted by Gasteiger charge is 2.22. The van der Waals surface area contributed by atoms with Crippen molar-refractivity contribution in [3.05, 3.63) is 39.2 Å². The average Bonchev–Trinajstić information content (AvgIpc) is 3.08. The standard InChI is InChI=1S/C15H17ClFN5S.ClH/c1-8(18)6-10-12(17)11-13(19-7-9-4-3-5-23-9)20-15(16)21-14(11)22(10)2;/h3-5,8H,6-7,18H2,1-2H3,(H,19,20,21);1H/t8-;/m0./s1. The number of fused-ring (bicyclic) bond motifs is 1. The van der Waals surface area contributed by atoms with Gasteiger partial charge < -0.3 is 15.6 Å². The van der Waals surface area contributed by atoms with E-state index in [0.29, 0.717) is 35.5 Å². The Labute approximate surface area is 154 Å². The van der Waals surface area contributed by atoms with Crippen LogP contribution in [0.15, 0.2) is 17.5 Å². The molecule has 24 heavy (non-hydrogen) atoms. The summed E-state index contributed by atoms with van der Waals surface area (Å²) in [5.41, 5.74) is 6.79. The number of nitrogens with one attached hydrogen (secondary N) is 1. The van der Waals surface area contributed by atoms with Crippen LogP contribution >= 0.6 is 35.3 Å². The third-order valence-corrected chi connectivity index (χ3v) is 4.63. The smallest absolute Gasteiger partial charge is 0.226 e. The fraction of sp³-hybridized carbons (Fsp3) is 0.333. The van der Waals surface area contributed by atoms with E-state index in [2.05, 4.69) is 15.3 Å². The molecule has 0 spiro atoms. The van der Waals surface area contributed by atoms with Crippen molar-refractivity contribution in [1.82, 2.24) is 14.5 Å². The SMILES string of the molecule is C[C@H](N)Cc1c(F)c2c(NCc3cccs3)nc(Cl)nc2n1C.Cl. The lowest BCUT2D eigenvalue weighted by Gasteiger charge is -2.06. The van der Waals surface area contributed by atoms with Crippen molar-refractivity contribution in [2.45, 2.75) is 25.9 Å². The highest BCUT2D eigenvalue weighted by Crippen LogP contribution is 2.30. The first-order chi connectivity index (χ1) is 11.0. The predicted octanol–water partition coefficient (Wildman–Crippen LogP) is 3.75. The van der Waals surface area contributed by atoms with E-state index in [1.54, 1.807) is 23.0 Å². The molecule has 0 fully saturated rings. The summed E-state index contributed by atoms with van der Waals surface area (Å²) in [6.07, 6.45) is 0.417. The first kappa shape index (κ1) is 18.9. The van der Waals surface area contributed by atoms with Crippen LogP contribution in [0.25, 0.3) is 11.0 Å². The fourth-order valence-corrected chi connectivity index (χ4v) is 3.34. The molecule has 0 saturated carbocycles. The lowest BCUT2D eigenvalue weighted by atomic mass is 10.2. The fourth-order valence-electron chi connectivity index (χ4n) is 2.53. The molecule has 9 heteroatoms. The van der Waals surface area contributed by atoms with Gasteiger partial charge in [-0.05, 0) is 30.0 Å². The van der Waals surface area contributed by atoms with Gasteiger partial charge in [-0.25, -0.2) is 4.39 Å². The summed E-state index contributed by atoms with van der Waals surface area (Å²) in [4.78, 5) is 9.45. The van der Waals surface area contributed by atoms with Gasteiger partial charge in [-0.2, -0.15) is 9.97 Å². The summed E-state index contributed by atoms with van der Waals surface area (Å²) in [5, 5.41) is 5.58. The summed E-state index contributed by atoms with van der Waals surface area (Å²) >= 11 is 7.62. The van der Waals surface area contributed by atoms with E-state index in [-0.39, 0.29) is 29.5 Å². The Kier molecular flexibility index (Phi) is 6.03. The van der Waals surface area contributed by atoms with Gasteiger partial charge in [0.25, 0.3) is 0 Å². The van der Waals surface area contributed by atoms with Crippen LogP contribution in [0, 0.1) is 5.82 Å². The minimum Gasteiger partial charge on any atom is -0.364 e. The third kappa shape index (κ3) is 3.64. The maximum absolute atomic E-state index is 14.9. The molecular weight excluding hydrogens is 372 g/mol. The molecule has 3 rings (SSSR count). The summed E-state index contributed by atoms with van der Waals surface area (Å²) in [5.74, 6) is 0.0579. The zero-order valence-electron chi connectivity index (χ0n) is 13.2. The van der Waals surface area contributed by atoms with Crippen molar-refractivity contribution >= 4 is 52.2 Å². The van der Waals surface area contributed by atoms with Gasteiger partial charge >= 0.3 is 0 Å². The molecular formula is C15H18Cl2FN5S. The Bertz CT molecular complexity index is 832. The van der Waals surface area contributed by atoms with Gasteiger partial charge in [0.15, 0.2) is 5.82 Å². The Hall–Kier alpha value is -1.41. The predicted molar refractivity (Wildman–Crippen MR) is 99.7 cm³/mol. The molecule has 0 saturated heterocycles. The van der Waals surface area contributed by atoms with E-state index in [1.165, 1.54) is 0 Å². The molecule has 130 valence electrons.